The molecule has 0 saturated carbocycles. The molecule has 3 rings (SSSR count). The zero-order valence-corrected chi connectivity index (χ0v) is 16.5. The summed E-state index contributed by atoms with van der Waals surface area (Å²) in [4.78, 5) is 23.9. The molecule has 0 heterocycles. The van der Waals surface area contributed by atoms with Crippen molar-refractivity contribution in [3.05, 3.63) is 70.2 Å². The van der Waals surface area contributed by atoms with Gasteiger partial charge in [-0.25, -0.2) is 4.79 Å². The summed E-state index contributed by atoms with van der Waals surface area (Å²) >= 11 is 12.2. The van der Waals surface area contributed by atoms with Crippen molar-refractivity contribution in [1.82, 2.24) is 0 Å². The standard InChI is InChI=1S/C21H17Cl2NO4/c1-13-6-9-17(22)21(20(13)23)24-18(25)11-28-19(26)12-27-16-8-7-14-4-2-3-5-15(14)10-16/h2-10H,11-12H2,1H3,(H,24,25). The van der Waals surface area contributed by atoms with Gasteiger partial charge in [0.25, 0.3) is 5.91 Å². The smallest absolute Gasteiger partial charge is 0.344 e. The van der Waals surface area contributed by atoms with Crippen LogP contribution in [0.5, 0.6) is 5.75 Å². The fourth-order valence-corrected chi connectivity index (χ4v) is 3.00. The van der Waals surface area contributed by atoms with Crippen molar-refractivity contribution < 1.29 is 19.1 Å². The zero-order chi connectivity index (χ0) is 20.1. The first-order valence-electron chi connectivity index (χ1n) is 8.45. The van der Waals surface area contributed by atoms with Crippen LogP contribution in [0.4, 0.5) is 5.69 Å². The van der Waals surface area contributed by atoms with E-state index in [-0.39, 0.29) is 12.3 Å². The number of hydrogen-bond donors (Lipinski definition) is 1. The van der Waals surface area contributed by atoms with Gasteiger partial charge in [-0.1, -0.05) is 59.6 Å². The number of carbonyl (C=O) groups is 2. The molecule has 3 aromatic carbocycles. The van der Waals surface area contributed by atoms with Crippen molar-refractivity contribution in [3.63, 3.8) is 0 Å². The molecule has 0 aliphatic carbocycles. The minimum atomic E-state index is -0.662. The molecule has 28 heavy (non-hydrogen) atoms. The topological polar surface area (TPSA) is 64.6 Å². The van der Waals surface area contributed by atoms with Gasteiger partial charge in [-0.3, -0.25) is 4.79 Å². The van der Waals surface area contributed by atoms with Crippen LogP contribution in [0.3, 0.4) is 0 Å². The molecule has 0 aliphatic heterocycles. The number of halogens is 2. The van der Waals surface area contributed by atoms with E-state index in [1.54, 1.807) is 25.1 Å². The summed E-state index contributed by atoms with van der Waals surface area (Å²) in [6, 6.07) is 16.7. The summed E-state index contributed by atoms with van der Waals surface area (Å²) in [6.45, 7) is 1.01. The Bertz CT molecular complexity index is 1040. The lowest BCUT2D eigenvalue weighted by molar-refractivity contribution is -0.149. The third-order valence-corrected chi connectivity index (χ3v) is 4.79. The predicted molar refractivity (Wildman–Crippen MR) is 110 cm³/mol. The second-order valence-electron chi connectivity index (χ2n) is 6.06. The van der Waals surface area contributed by atoms with Crippen LogP contribution >= 0.6 is 23.2 Å². The second-order valence-corrected chi connectivity index (χ2v) is 6.84. The molecule has 0 spiro atoms. The SMILES string of the molecule is Cc1ccc(Cl)c(NC(=O)COC(=O)COc2ccc3ccccc3c2)c1Cl. The van der Waals surface area contributed by atoms with E-state index >= 15 is 0 Å². The van der Waals surface area contributed by atoms with E-state index in [0.29, 0.717) is 15.8 Å². The lowest BCUT2D eigenvalue weighted by Crippen LogP contribution is -2.24. The number of esters is 1. The number of aryl methyl sites for hydroxylation is 1. The molecule has 0 saturated heterocycles. The summed E-state index contributed by atoms with van der Waals surface area (Å²) in [6.07, 6.45) is 0. The highest BCUT2D eigenvalue weighted by Gasteiger charge is 2.14. The Labute approximate surface area is 172 Å². The van der Waals surface area contributed by atoms with E-state index in [2.05, 4.69) is 5.32 Å². The highest BCUT2D eigenvalue weighted by atomic mass is 35.5. The molecular weight excluding hydrogens is 401 g/mol. The maximum atomic E-state index is 12.0. The third-order valence-electron chi connectivity index (χ3n) is 3.99. The van der Waals surface area contributed by atoms with Gasteiger partial charge in [0.2, 0.25) is 0 Å². The summed E-state index contributed by atoms with van der Waals surface area (Å²) < 4.78 is 10.4. The quantitative estimate of drug-likeness (QED) is 0.572. The van der Waals surface area contributed by atoms with E-state index < -0.39 is 18.5 Å². The van der Waals surface area contributed by atoms with Crippen LogP contribution in [0.25, 0.3) is 10.8 Å². The average molecular weight is 418 g/mol. The molecule has 0 bridgehead atoms. The Kier molecular flexibility index (Phi) is 6.39. The summed E-state index contributed by atoms with van der Waals surface area (Å²) in [5, 5.41) is 5.26. The number of rotatable bonds is 6. The van der Waals surface area contributed by atoms with Crippen LogP contribution in [0.2, 0.25) is 10.0 Å². The number of fused-ring (bicyclic) bond motifs is 1. The zero-order valence-electron chi connectivity index (χ0n) is 15.0. The van der Waals surface area contributed by atoms with E-state index in [0.717, 1.165) is 16.3 Å². The molecule has 0 unspecified atom stereocenters. The number of anilines is 1. The second kappa shape index (κ2) is 8.95. The number of amides is 1. The Morgan fingerprint density at radius 1 is 0.964 bits per heavy atom. The Morgan fingerprint density at radius 3 is 2.50 bits per heavy atom. The van der Waals surface area contributed by atoms with Crippen molar-refractivity contribution in [2.75, 3.05) is 18.5 Å². The molecule has 1 N–H and O–H groups in total. The van der Waals surface area contributed by atoms with Gasteiger partial charge in [0, 0.05) is 0 Å². The Hall–Kier alpha value is -2.76. The number of nitrogens with one attached hydrogen (secondary N) is 1. The lowest BCUT2D eigenvalue weighted by Gasteiger charge is -2.11. The van der Waals surface area contributed by atoms with Crippen molar-refractivity contribution in [2.24, 2.45) is 0 Å². The van der Waals surface area contributed by atoms with Crippen LogP contribution in [0, 0.1) is 6.92 Å². The first-order valence-corrected chi connectivity index (χ1v) is 9.21. The van der Waals surface area contributed by atoms with Gasteiger partial charge in [-0.05, 0) is 41.5 Å². The van der Waals surface area contributed by atoms with Crippen LogP contribution < -0.4 is 10.1 Å². The normalized spacial score (nSPS) is 10.5. The third kappa shape index (κ3) is 4.94. The number of carbonyl (C=O) groups excluding carboxylic acids is 2. The lowest BCUT2D eigenvalue weighted by atomic mass is 10.1. The van der Waals surface area contributed by atoms with Gasteiger partial charge in [0.1, 0.15) is 5.75 Å². The van der Waals surface area contributed by atoms with Crippen molar-refractivity contribution in [2.45, 2.75) is 6.92 Å². The molecule has 144 valence electrons. The van der Waals surface area contributed by atoms with Gasteiger partial charge in [0.05, 0.1) is 15.7 Å². The Morgan fingerprint density at radius 2 is 1.71 bits per heavy atom. The average Bonchev–Trinajstić information content (AvgIpc) is 2.70. The molecule has 0 atom stereocenters. The first-order chi connectivity index (χ1) is 13.4. The van der Waals surface area contributed by atoms with Gasteiger partial charge < -0.3 is 14.8 Å². The van der Waals surface area contributed by atoms with Crippen LogP contribution in [-0.2, 0) is 14.3 Å². The molecule has 1 amide bonds. The first kappa shape index (κ1) is 20.0. The molecular formula is C21H17Cl2NO4. The van der Waals surface area contributed by atoms with Gasteiger partial charge in [-0.15, -0.1) is 0 Å². The van der Waals surface area contributed by atoms with E-state index in [9.17, 15) is 9.59 Å². The van der Waals surface area contributed by atoms with Crippen molar-refractivity contribution in [1.29, 1.82) is 0 Å². The molecule has 0 fully saturated rings. The summed E-state index contributed by atoms with van der Waals surface area (Å²) in [5.74, 6) is -0.670. The largest absolute Gasteiger partial charge is 0.482 e. The minimum absolute atomic E-state index is 0.289. The number of hydrogen-bond acceptors (Lipinski definition) is 4. The molecule has 0 aliphatic rings. The monoisotopic (exact) mass is 417 g/mol. The van der Waals surface area contributed by atoms with E-state index in [1.165, 1.54) is 0 Å². The highest BCUT2D eigenvalue weighted by molar-refractivity contribution is 6.40. The predicted octanol–water partition coefficient (Wildman–Crippen LogP) is 5.02. The number of ether oxygens (including phenoxy) is 2. The fraction of sp³-hybridized carbons (Fsp3) is 0.143. The van der Waals surface area contributed by atoms with E-state index in [1.807, 2.05) is 36.4 Å². The van der Waals surface area contributed by atoms with Gasteiger partial charge in [0.15, 0.2) is 13.2 Å². The molecule has 0 aromatic heterocycles. The van der Waals surface area contributed by atoms with Crippen molar-refractivity contribution >= 4 is 51.5 Å². The molecule has 7 heteroatoms. The highest BCUT2D eigenvalue weighted by Crippen LogP contribution is 2.32. The maximum Gasteiger partial charge on any atom is 0.344 e. The molecule has 3 aromatic rings. The van der Waals surface area contributed by atoms with Gasteiger partial charge >= 0.3 is 5.97 Å². The maximum absolute atomic E-state index is 12.0. The van der Waals surface area contributed by atoms with Crippen LogP contribution in [0.1, 0.15) is 5.56 Å². The van der Waals surface area contributed by atoms with Crippen LogP contribution in [0.15, 0.2) is 54.6 Å². The summed E-state index contributed by atoms with van der Waals surface area (Å²) in [5.41, 5.74) is 1.05. The van der Waals surface area contributed by atoms with E-state index in [4.69, 9.17) is 32.7 Å². The molecule has 0 radical (unpaired) electrons. The fourth-order valence-electron chi connectivity index (χ4n) is 2.53. The molecule has 5 nitrogen and oxygen atoms in total. The minimum Gasteiger partial charge on any atom is -0.482 e. The Balaban J connectivity index is 1.50. The number of benzene rings is 3. The van der Waals surface area contributed by atoms with Crippen LogP contribution in [-0.4, -0.2) is 25.1 Å². The van der Waals surface area contributed by atoms with Crippen molar-refractivity contribution in [3.8, 4) is 5.75 Å². The van der Waals surface area contributed by atoms with Gasteiger partial charge in [-0.2, -0.15) is 0 Å². The summed E-state index contributed by atoms with van der Waals surface area (Å²) in [7, 11) is 0.